The fourth-order valence-corrected chi connectivity index (χ4v) is 2.11. The van der Waals surface area contributed by atoms with Crippen molar-refractivity contribution in [2.24, 2.45) is 0 Å². The Balaban J connectivity index is 0.00000196. The number of hydrogen-bond donors (Lipinski definition) is 2. The lowest BCUT2D eigenvalue weighted by atomic mass is 10.2. The van der Waals surface area contributed by atoms with Crippen molar-refractivity contribution in [2.75, 3.05) is 20.1 Å². The number of hydrogen-bond acceptors (Lipinski definition) is 3. The Kier molecular flexibility index (Phi) is 7.38. The van der Waals surface area contributed by atoms with E-state index in [1.165, 1.54) is 11.3 Å². The number of carbonyl (C=O) groups excluding carboxylic acids is 1. The molecule has 0 radical (unpaired) electrons. The van der Waals surface area contributed by atoms with Crippen LogP contribution in [-0.2, 0) is 6.42 Å². The maximum absolute atomic E-state index is 11.6. The highest BCUT2D eigenvalue weighted by atomic mass is 35.5. The number of halogens is 1. The molecule has 0 saturated carbocycles. The molecule has 1 aromatic heterocycles. The van der Waals surface area contributed by atoms with E-state index in [-0.39, 0.29) is 18.3 Å². The third-order valence-corrected chi connectivity index (χ3v) is 2.95. The average molecular weight is 249 g/mol. The molecule has 1 amide bonds. The minimum absolute atomic E-state index is 0. The summed E-state index contributed by atoms with van der Waals surface area (Å²) in [6.45, 7) is 3.54. The van der Waals surface area contributed by atoms with E-state index >= 15 is 0 Å². The highest BCUT2D eigenvalue weighted by Gasteiger charge is 2.10. The highest BCUT2D eigenvalue weighted by molar-refractivity contribution is 7.12. The molecule has 0 bridgehead atoms. The van der Waals surface area contributed by atoms with Crippen molar-refractivity contribution in [3.63, 3.8) is 0 Å². The largest absolute Gasteiger partial charge is 0.350 e. The lowest BCUT2D eigenvalue weighted by Gasteiger charge is -2.04. The summed E-state index contributed by atoms with van der Waals surface area (Å²) in [6.07, 6.45) is 0.915. The van der Waals surface area contributed by atoms with E-state index < -0.39 is 0 Å². The molecule has 0 fully saturated rings. The molecular formula is C10H17ClN2OS. The summed E-state index contributed by atoms with van der Waals surface area (Å²) in [5.74, 6) is 0.0482. The molecule has 0 aromatic carbocycles. The molecule has 0 atom stereocenters. The van der Waals surface area contributed by atoms with Crippen LogP contribution in [-0.4, -0.2) is 26.0 Å². The van der Waals surface area contributed by atoms with Gasteiger partial charge in [0.15, 0.2) is 0 Å². The van der Waals surface area contributed by atoms with Crippen LogP contribution in [0.4, 0.5) is 0 Å². The van der Waals surface area contributed by atoms with Gasteiger partial charge in [0.05, 0.1) is 4.88 Å². The normalized spacial score (nSPS) is 9.47. The third kappa shape index (κ3) is 4.20. The fourth-order valence-electron chi connectivity index (χ4n) is 1.19. The Labute approximate surface area is 101 Å². The number of thiophene rings is 1. The SMILES string of the molecule is CCc1ccsc1C(=O)NCCNC.Cl. The molecule has 1 rings (SSSR count). The topological polar surface area (TPSA) is 41.1 Å². The summed E-state index contributed by atoms with van der Waals surface area (Å²) < 4.78 is 0. The lowest BCUT2D eigenvalue weighted by Crippen LogP contribution is -2.30. The third-order valence-electron chi connectivity index (χ3n) is 1.99. The van der Waals surface area contributed by atoms with Crippen molar-refractivity contribution in [1.82, 2.24) is 10.6 Å². The van der Waals surface area contributed by atoms with Gasteiger partial charge >= 0.3 is 0 Å². The first-order chi connectivity index (χ1) is 6.79. The zero-order valence-corrected chi connectivity index (χ0v) is 10.6. The van der Waals surface area contributed by atoms with Gasteiger partial charge in [0.1, 0.15) is 0 Å². The zero-order valence-electron chi connectivity index (χ0n) is 9.00. The molecule has 0 unspecified atom stereocenters. The number of rotatable bonds is 5. The number of nitrogens with one attached hydrogen (secondary N) is 2. The Hall–Kier alpha value is -0.580. The van der Waals surface area contributed by atoms with Crippen LogP contribution in [0, 0.1) is 0 Å². The molecule has 3 nitrogen and oxygen atoms in total. The first kappa shape index (κ1) is 14.4. The van der Waals surface area contributed by atoms with Crippen LogP contribution in [0.3, 0.4) is 0 Å². The minimum Gasteiger partial charge on any atom is -0.350 e. The Morgan fingerprint density at radius 1 is 1.47 bits per heavy atom. The molecule has 0 spiro atoms. The van der Waals surface area contributed by atoms with Gasteiger partial charge in [-0.3, -0.25) is 4.79 Å². The summed E-state index contributed by atoms with van der Waals surface area (Å²) in [7, 11) is 1.87. The van der Waals surface area contributed by atoms with Crippen molar-refractivity contribution in [1.29, 1.82) is 0 Å². The molecule has 86 valence electrons. The molecule has 15 heavy (non-hydrogen) atoms. The molecule has 1 heterocycles. The van der Waals surface area contributed by atoms with Crippen LogP contribution >= 0.6 is 23.7 Å². The molecule has 5 heteroatoms. The maximum atomic E-state index is 11.6. The Morgan fingerprint density at radius 2 is 2.20 bits per heavy atom. The number of aryl methyl sites for hydroxylation is 1. The average Bonchev–Trinajstić information content (AvgIpc) is 2.65. The Bertz CT molecular complexity index is 301. The molecular weight excluding hydrogens is 232 g/mol. The summed E-state index contributed by atoms with van der Waals surface area (Å²) in [6, 6.07) is 2.01. The number of carbonyl (C=O) groups is 1. The summed E-state index contributed by atoms with van der Waals surface area (Å²) >= 11 is 1.51. The van der Waals surface area contributed by atoms with Crippen LogP contribution < -0.4 is 10.6 Å². The van der Waals surface area contributed by atoms with Gasteiger partial charge in [-0.2, -0.15) is 0 Å². The van der Waals surface area contributed by atoms with E-state index in [0.717, 1.165) is 23.4 Å². The smallest absolute Gasteiger partial charge is 0.261 e. The van der Waals surface area contributed by atoms with Crippen LogP contribution in [0.25, 0.3) is 0 Å². The predicted octanol–water partition coefficient (Wildman–Crippen LogP) is 1.68. The second kappa shape index (κ2) is 7.68. The molecule has 2 N–H and O–H groups in total. The first-order valence-electron chi connectivity index (χ1n) is 4.78. The van der Waals surface area contributed by atoms with E-state index in [1.807, 2.05) is 18.5 Å². The van der Waals surface area contributed by atoms with E-state index in [4.69, 9.17) is 0 Å². The first-order valence-corrected chi connectivity index (χ1v) is 5.66. The van der Waals surface area contributed by atoms with E-state index in [0.29, 0.717) is 6.54 Å². The van der Waals surface area contributed by atoms with Crippen LogP contribution in [0.15, 0.2) is 11.4 Å². The predicted molar refractivity (Wildman–Crippen MR) is 67.2 cm³/mol. The Morgan fingerprint density at radius 3 is 2.80 bits per heavy atom. The van der Waals surface area contributed by atoms with Gasteiger partial charge in [-0.05, 0) is 30.5 Å². The second-order valence-electron chi connectivity index (χ2n) is 2.99. The van der Waals surface area contributed by atoms with Gasteiger partial charge in [-0.1, -0.05) is 6.92 Å². The van der Waals surface area contributed by atoms with Crippen molar-refractivity contribution in [3.8, 4) is 0 Å². The fraction of sp³-hybridized carbons (Fsp3) is 0.500. The van der Waals surface area contributed by atoms with Gasteiger partial charge in [-0.15, -0.1) is 23.7 Å². The molecule has 0 aliphatic rings. The van der Waals surface area contributed by atoms with Gasteiger partial charge in [0, 0.05) is 13.1 Å². The molecule has 1 aromatic rings. The van der Waals surface area contributed by atoms with Crippen molar-refractivity contribution < 1.29 is 4.79 Å². The van der Waals surface area contributed by atoms with Crippen molar-refractivity contribution in [2.45, 2.75) is 13.3 Å². The molecule has 0 aliphatic carbocycles. The van der Waals surface area contributed by atoms with Gasteiger partial charge in [0.2, 0.25) is 0 Å². The lowest BCUT2D eigenvalue weighted by molar-refractivity contribution is 0.0957. The number of amides is 1. The van der Waals surface area contributed by atoms with E-state index in [9.17, 15) is 4.79 Å². The van der Waals surface area contributed by atoms with Crippen molar-refractivity contribution >= 4 is 29.7 Å². The monoisotopic (exact) mass is 248 g/mol. The summed E-state index contributed by atoms with van der Waals surface area (Å²) in [4.78, 5) is 12.5. The van der Waals surface area contributed by atoms with Gasteiger partial charge in [-0.25, -0.2) is 0 Å². The van der Waals surface area contributed by atoms with E-state index in [2.05, 4.69) is 17.6 Å². The quantitative estimate of drug-likeness (QED) is 0.779. The minimum atomic E-state index is 0. The molecule has 0 saturated heterocycles. The number of likely N-dealkylation sites (N-methyl/N-ethyl adjacent to an activating group) is 1. The van der Waals surface area contributed by atoms with Crippen LogP contribution in [0.1, 0.15) is 22.2 Å². The molecule has 0 aliphatic heterocycles. The summed E-state index contributed by atoms with van der Waals surface area (Å²) in [5.41, 5.74) is 1.14. The standard InChI is InChI=1S/C10H16N2OS.ClH/c1-3-8-4-7-14-9(8)10(13)12-6-5-11-2;/h4,7,11H,3,5-6H2,1-2H3,(H,12,13);1H. The zero-order chi connectivity index (χ0) is 10.4. The van der Waals surface area contributed by atoms with Gasteiger partial charge in [0.25, 0.3) is 5.91 Å². The second-order valence-corrected chi connectivity index (χ2v) is 3.90. The van der Waals surface area contributed by atoms with Crippen LogP contribution in [0.5, 0.6) is 0 Å². The van der Waals surface area contributed by atoms with Crippen LogP contribution in [0.2, 0.25) is 0 Å². The van der Waals surface area contributed by atoms with Crippen molar-refractivity contribution in [3.05, 3.63) is 21.9 Å². The van der Waals surface area contributed by atoms with E-state index in [1.54, 1.807) is 0 Å². The summed E-state index contributed by atoms with van der Waals surface area (Å²) in [5, 5.41) is 7.82. The highest BCUT2D eigenvalue weighted by Crippen LogP contribution is 2.16. The van der Waals surface area contributed by atoms with Gasteiger partial charge < -0.3 is 10.6 Å². The maximum Gasteiger partial charge on any atom is 0.261 e.